The van der Waals surface area contributed by atoms with E-state index in [1.54, 1.807) is 0 Å². The summed E-state index contributed by atoms with van der Waals surface area (Å²) in [7, 11) is -0.140. The fourth-order valence-electron chi connectivity index (χ4n) is 0.422. The minimum atomic E-state index is -0.140. The molecule has 0 aliphatic heterocycles. The Balaban J connectivity index is 2.95. The molecular weight excluding hydrogens is 107 g/mol. The Morgan fingerprint density at radius 3 is 1.71 bits per heavy atom. The van der Waals surface area contributed by atoms with Gasteiger partial charge in [0.05, 0.1) is 6.10 Å². The highest BCUT2D eigenvalue weighted by Gasteiger charge is 1.94. The molecule has 0 aromatic heterocycles. The average molecular weight is 120 g/mol. The summed E-state index contributed by atoms with van der Waals surface area (Å²) in [6.45, 7) is 8.33. The zero-order valence-corrected chi connectivity index (χ0v) is 6.33. The van der Waals surface area contributed by atoms with Crippen LogP contribution in [0.2, 0.25) is 0 Å². The van der Waals surface area contributed by atoms with Gasteiger partial charge in [-0.1, -0.05) is 0 Å². The zero-order chi connectivity index (χ0) is 5.86. The second-order valence-electron chi connectivity index (χ2n) is 1.97. The molecule has 0 aliphatic carbocycles. The topological polar surface area (TPSA) is 9.23 Å². The third kappa shape index (κ3) is 6.39. The molecule has 0 bridgehead atoms. The summed E-state index contributed by atoms with van der Waals surface area (Å²) in [6, 6.07) is 0. The molecule has 0 spiro atoms. The zero-order valence-electron chi connectivity index (χ0n) is 5.43. The summed E-state index contributed by atoms with van der Waals surface area (Å²) in [4.78, 5) is 0. The average Bonchev–Trinajstić information content (AvgIpc) is 1.27. The molecule has 0 aromatic rings. The molecule has 0 aromatic carbocycles. The predicted molar refractivity (Wildman–Crippen MR) is 35.0 cm³/mol. The van der Waals surface area contributed by atoms with E-state index in [2.05, 4.69) is 27.2 Å². The molecule has 0 rings (SSSR count). The molecule has 0 saturated carbocycles. The van der Waals surface area contributed by atoms with Crippen molar-refractivity contribution in [2.24, 2.45) is 0 Å². The van der Waals surface area contributed by atoms with Crippen molar-refractivity contribution in [1.82, 2.24) is 0 Å². The Kier molecular flexibility index (Phi) is 3.59. The van der Waals surface area contributed by atoms with Crippen LogP contribution in [0.25, 0.3) is 0 Å². The van der Waals surface area contributed by atoms with Crippen molar-refractivity contribution in [2.75, 3.05) is 13.3 Å². The molecule has 7 heavy (non-hydrogen) atoms. The molecule has 0 aliphatic rings. The SMILES string of the molecule is CC(C)OP(C)C. The molecule has 0 amide bonds. The first-order chi connectivity index (χ1) is 3.13. The van der Waals surface area contributed by atoms with Gasteiger partial charge in [0.1, 0.15) is 0 Å². The van der Waals surface area contributed by atoms with Gasteiger partial charge in [0, 0.05) is 8.15 Å². The van der Waals surface area contributed by atoms with Gasteiger partial charge in [0.25, 0.3) is 0 Å². The summed E-state index contributed by atoms with van der Waals surface area (Å²) in [5, 5.41) is 0. The van der Waals surface area contributed by atoms with E-state index in [-0.39, 0.29) is 8.15 Å². The molecule has 0 atom stereocenters. The molecule has 0 heterocycles. The van der Waals surface area contributed by atoms with Crippen molar-refractivity contribution in [3.63, 3.8) is 0 Å². The van der Waals surface area contributed by atoms with Crippen LogP contribution in [-0.2, 0) is 4.52 Å². The largest absolute Gasteiger partial charge is 0.357 e. The molecule has 0 radical (unpaired) electrons. The third-order valence-corrected chi connectivity index (χ3v) is 1.26. The van der Waals surface area contributed by atoms with Crippen LogP contribution in [0, 0.1) is 0 Å². The first kappa shape index (κ1) is 7.39. The number of hydrogen-bond acceptors (Lipinski definition) is 1. The van der Waals surface area contributed by atoms with Crippen LogP contribution in [0.4, 0.5) is 0 Å². The van der Waals surface area contributed by atoms with Gasteiger partial charge in [-0.25, -0.2) is 0 Å². The summed E-state index contributed by atoms with van der Waals surface area (Å²) >= 11 is 0. The smallest absolute Gasteiger partial charge is 0.0561 e. The van der Waals surface area contributed by atoms with Crippen molar-refractivity contribution >= 4 is 8.15 Å². The van der Waals surface area contributed by atoms with Gasteiger partial charge in [0.2, 0.25) is 0 Å². The normalized spacial score (nSPS) is 11.1. The molecule has 0 unspecified atom stereocenters. The molecular formula is C5H13OP. The fraction of sp³-hybridized carbons (Fsp3) is 1.00. The Morgan fingerprint density at radius 2 is 1.71 bits per heavy atom. The van der Waals surface area contributed by atoms with E-state index in [0.29, 0.717) is 6.10 Å². The van der Waals surface area contributed by atoms with Crippen LogP contribution in [-0.4, -0.2) is 19.4 Å². The van der Waals surface area contributed by atoms with Crippen molar-refractivity contribution in [3.8, 4) is 0 Å². The Bertz CT molecular complexity index is 37.3. The summed E-state index contributed by atoms with van der Waals surface area (Å²) < 4.78 is 5.31. The third-order valence-electron chi connectivity index (χ3n) is 0.422. The first-order valence-electron chi connectivity index (χ1n) is 2.47. The van der Waals surface area contributed by atoms with Crippen molar-refractivity contribution in [1.29, 1.82) is 0 Å². The van der Waals surface area contributed by atoms with Crippen molar-refractivity contribution in [2.45, 2.75) is 20.0 Å². The Hall–Kier alpha value is 0.390. The van der Waals surface area contributed by atoms with E-state index < -0.39 is 0 Å². The van der Waals surface area contributed by atoms with Crippen LogP contribution in [0.15, 0.2) is 0 Å². The fourth-order valence-corrected chi connectivity index (χ4v) is 1.26. The maximum Gasteiger partial charge on any atom is 0.0561 e. The lowest BCUT2D eigenvalue weighted by molar-refractivity contribution is 0.274. The van der Waals surface area contributed by atoms with Gasteiger partial charge in [-0.05, 0) is 27.2 Å². The summed E-state index contributed by atoms with van der Waals surface area (Å²) in [5.74, 6) is 0. The van der Waals surface area contributed by atoms with Crippen LogP contribution >= 0.6 is 8.15 Å². The second-order valence-corrected chi connectivity index (χ2v) is 3.80. The minimum absolute atomic E-state index is 0.140. The molecule has 0 fully saturated rings. The van der Waals surface area contributed by atoms with E-state index in [0.717, 1.165) is 0 Å². The van der Waals surface area contributed by atoms with Crippen LogP contribution in [0.3, 0.4) is 0 Å². The molecule has 2 heteroatoms. The van der Waals surface area contributed by atoms with Crippen molar-refractivity contribution < 1.29 is 4.52 Å². The number of rotatable bonds is 2. The quantitative estimate of drug-likeness (QED) is 0.507. The lowest BCUT2D eigenvalue weighted by Crippen LogP contribution is -1.94. The van der Waals surface area contributed by atoms with Gasteiger partial charge in [0.15, 0.2) is 0 Å². The maximum absolute atomic E-state index is 5.31. The van der Waals surface area contributed by atoms with E-state index in [9.17, 15) is 0 Å². The first-order valence-corrected chi connectivity index (χ1v) is 4.62. The van der Waals surface area contributed by atoms with E-state index in [4.69, 9.17) is 4.52 Å². The predicted octanol–water partition coefficient (Wildman–Crippen LogP) is 2.07. The second kappa shape index (κ2) is 3.40. The molecule has 1 nitrogen and oxygen atoms in total. The van der Waals surface area contributed by atoms with E-state index in [1.165, 1.54) is 0 Å². The van der Waals surface area contributed by atoms with E-state index >= 15 is 0 Å². The van der Waals surface area contributed by atoms with Crippen LogP contribution in [0.1, 0.15) is 13.8 Å². The maximum atomic E-state index is 5.31. The van der Waals surface area contributed by atoms with Gasteiger partial charge < -0.3 is 4.52 Å². The van der Waals surface area contributed by atoms with Gasteiger partial charge >= 0.3 is 0 Å². The van der Waals surface area contributed by atoms with Gasteiger partial charge in [-0.2, -0.15) is 0 Å². The van der Waals surface area contributed by atoms with Gasteiger partial charge in [-0.3, -0.25) is 0 Å². The van der Waals surface area contributed by atoms with Crippen LogP contribution in [0.5, 0.6) is 0 Å². The Morgan fingerprint density at radius 1 is 1.29 bits per heavy atom. The summed E-state index contributed by atoms with van der Waals surface area (Å²) in [5.41, 5.74) is 0. The molecule has 44 valence electrons. The van der Waals surface area contributed by atoms with Crippen LogP contribution < -0.4 is 0 Å². The lowest BCUT2D eigenvalue weighted by atomic mass is 10.5. The Labute approximate surface area is 46.9 Å². The highest BCUT2D eigenvalue weighted by atomic mass is 31.1. The summed E-state index contributed by atoms with van der Waals surface area (Å²) in [6.07, 6.45) is 0.404. The number of hydrogen-bond donors (Lipinski definition) is 0. The monoisotopic (exact) mass is 120 g/mol. The van der Waals surface area contributed by atoms with E-state index in [1.807, 2.05) is 0 Å². The standard InChI is InChI=1S/C5H13OP/c1-5(2)6-7(3)4/h5H,1-4H3. The van der Waals surface area contributed by atoms with Crippen molar-refractivity contribution in [3.05, 3.63) is 0 Å². The lowest BCUT2D eigenvalue weighted by Gasteiger charge is -2.09. The molecule has 0 saturated heterocycles. The highest BCUT2D eigenvalue weighted by molar-refractivity contribution is 7.50. The minimum Gasteiger partial charge on any atom is -0.357 e. The highest BCUT2D eigenvalue weighted by Crippen LogP contribution is 2.27. The molecule has 0 N–H and O–H groups in total. The van der Waals surface area contributed by atoms with Gasteiger partial charge in [-0.15, -0.1) is 0 Å².